The summed E-state index contributed by atoms with van der Waals surface area (Å²) in [6.45, 7) is 0. The average molecular weight is 285 g/mol. The van der Waals surface area contributed by atoms with Gasteiger partial charge in [0.05, 0.1) is 6.21 Å². The number of carbonyl (C=O) groups excluding carboxylic acids is 1. The molecule has 1 heterocycles. The zero-order valence-electron chi connectivity index (χ0n) is 11.7. The van der Waals surface area contributed by atoms with E-state index in [-0.39, 0.29) is 11.3 Å². The Balaban J connectivity index is 1.97. The largest absolute Gasteiger partial charge is 0.378 e. The molecule has 0 radical (unpaired) electrons. The van der Waals surface area contributed by atoms with E-state index >= 15 is 0 Å². The van der Waals surface area contributed by atoms with Crippen molar-refractivity contribution in [1.82, 2.24) is 15.6 Å². The van der Waals surface area contributed by atoms with Gasteiger partial charge >= 0.3 is 0 Å². The molecule has 0 aliphatic carbocycles. The van der Waals surface area contributed by atoms with Crippen LogP contribution in [0.2, 0.25) is 0 Å². The lowest BCUT2D eigenvalue weighted by Gasteiger charge is -2.11. The van der Waals surface area contributed by atoms with Crippen LogP contribution in [0.15, 0.2) is 46.3 Å². The van der Waals surface area contributed by atoms with Gasteiger partial charge in [-0.25, -0.2) is 10.5 Å². The Morgan fingerprint density at radius 1 is 1.24 bits per heavy atom. The van der Waals surface area contributed by atoms with Gasteiger partial charge in [-0.2, -0.15) is 10.2 Å². The predicted octanol–water partition coefficient (Wildman–Crippen LogP) is 0.600. The number of nitrogens with zero attached hydrogens (tertiary/aromatic N) is 3. The highest BCUT2D eigenvalue weighted by Gasteiger charge is 2.05. The van der Waals surface area contributed by atoms with Crippen LogP contribution in [0.3, 0.4) is 0 Å². The molecule has 2 rings (SSSR count). The standard InChI is InChI=1S/C14H15N5O2/c1-19(2)11-5-3-10(4-6-11)9-15-18-14(21)12-7-8-13(20)17-16-12/h3-9H,1-2H3,(H,17,20)(H,18,21)/b15-9+. The van der Waals surface area contributed by atoms with Crippen LogP contribution in [-0.4, -0.2) is 36.4 Å². The molecular weight excluding hydrogens is 270 g/mol. The van der Waals surface area contributed by atoms with E-state index in [1.807, 2.05) is 43.3 Å². The van der Waals surface area contributed by atoms with E-state index in [1.54, 1.807) is 0 Å². The Kier molecular flexibility index (Phi) is 4.45. The lowest BCUT2D eigenvalue weighted by atomic mass is 10.2. The van der Waals surface area contributed by atoms with Gasteiger partial charge in [0.2, 0.25) is 0 Å². The number of anilines is 1. The first kappa shape index (κ1) is 14.4. The minimum Gasteiger partial charge on any atom is -0.378 e. The van der Waals surface area contributed by atoms with Crippen molar-refractivity contribution in [2.45, 2.75) is 0 Å². The third kappa shape index (κ3) is 4.00. The number of aromatic nitrogens is 2. The van der Waals surface area contributed by atoms with Crippen LogP contribution in [0.1, 0.15) is 16.1 Å². The highest BCUT2D eigenvalue weighted by Crippen LogP contribution is 2.10. The van der Waals surface area contributed by atoms with E-state index in [1.165, 1.54) is 18.3 Å². The second-order valence-electron chi connectivity index (χ2n) is 4.49. The SMILES string of the molecule is CN(C)c1ccc(/C=N/NC(=O)c2ccc(=O)[nH]n2)cc1. The summed E-state index contributed by atoms with van der Waals surface area (Å²) < 4.78 is 0. The van der Waals surface area contributed by atoms with E-state index in [4.69, 9.17) is 0 Å². The molecule has 0 unspecified atom stereocenters. The number of benzene rings is 1. The van der Waals surface area contributed by atoms with Crippen LogP contribution in [0.25, 0.3) is 0 Å². The number of amides is 1. The first-order valence-corrected chi connectivity index (χ1v) is 6.23. The van der Waals surface area contributed by atoms with Gasteiger partial charge in [-0.1, -0.05) is 12.1 Å². The molecule has 0 saturated heterocycles. The Hall–Kier alpha value is -2.96. The third-order valence-corrected chi connectivity index (χ3v) is 2.70. The highest BCUT2D eigenvalue weighted by atomic mass is 16.2. The van der Waals surface area contributed by atoms with Gasteiger partial charge in [0.25, 0.3) is 11.5 Å². The maximum Gasteiger partial charge on any atom is 0.291 e. The van der Waals surface area contributed by atoms with Gasteiger partial charge < -0.3 is 4.90 Å². The minimum atomic E-state index is -0.493. The third-order valence-electron chi connectivity index (χ3n) is 2.70. The lowest BCUT2D eigenvalue weighted by Crippen LogP contribution is -2.21. The maximum atomic E-state index is 11.7. The van der Waals surface area contributed by atoms with E-state index < -0.39 is 5.91 Å². The molecule has 0 spiro atoms. The second-order valence-corrected chi connectivity index (χ2v) is 4.49. The van der Waals surface area contributed by atoms with Gasteiger partial charge in [-0.3, -0.25) is 9.59 Å². The van der Waals surface area contributed by atoms with Crippen molar-refractivity contribution in [3.63, 3.8) is 0 Å². The Labute approximate surface area is 121 Å². The molecule has 7 heteroatoms. The summed E-state index contributed by atoms with van der Waals surface area (Å²) in [6, 6.07) is 10.2. The molecule has 21 heavy (non-hydrogen) atoms. The molecule has 1 amide bonds. The summed E-state index contributed by atoms with van der Waals surface area (Å²) in [7, 11) is 3.92. The Morgan fingerprint density at radius 2 is 1.95 bits per heavy atom. The number of H-pyrrole nitrogens is 1. The summed E-state index contributed by atoms with van der Waals surface area (Å²) in [4.78, 5) is 24.5. The molecule has 0 saturated carbocycles. The van der Waals surface area contributed by atoms with Crippen LogP contribution >= 0.6 is 0 Å². The monoisotopic (exact) mass is 285 g/mol. The van der Waals surface area contributed by atoms with E-state index in [0.29, 0.717) is 0 Å². The fourth-order valence-corrected chi connectivity index (χ4v) is 1.55. The van der Waals surface area contributed by atoms with Gasteiger partial charge in [0.1, 0.15) is 0 Å². The molecule has 0 atom stereocenters. The molecular formula is C14H15N5O2. The van der Waals surface area contributed by atoms with Crippen LogP contribution in [0.4, 0.5) is 5.69 Å². The molecule has 0 aliphatic heterocycles. The van der Waals surface area contributed by atoms with Crippen molar-refractivity contribution in [3.05, 3.63) is 58.0 Å². The summed E-state index contributed by atoms with van der Waals surface area (Å²) in [5.41, 5.74) is 4.00. The summed E-state index contributed by atoms with van der Waals surface area (Å²) in [5, 5.41) is 9.63. The minimum absolute atomic E-state index is 0.0923. The maximum absolute atomic E-state index is 11.7. The fourth-order valence-electron chi connectivity index (χ4n) is 1.55. The predicted molar refractivity (Wildman–Crippen MR) is 80.7 cm³/mol. The van der Waals surface area contributed by atoms with Crippen molar-refractivity contribution in [1.29, 1.82) is 0 Å². The summed E-state index contributed by atoms with van der Waals surface area (Å²) >= 11 is 0. The Morgan fingerprint density at radius 3 is 2.52 bits per heavy atom. The van der Waals surface area contributed by atoms with E-state index in [9.17, 15) is 9.59 Å². The molecule has 0 fully saturated rings. The lowest BCUT2D eigenvalue weighted by molar-refractivity contribution is 0.0949. The highest BCUT2D eigenvalue weighted by molar-refractivity contribution is 5.92. The normalized spacial score (nSPS) is 10.6. The summed E-state index contributed by atoms with van der Waals surface area (Å²) in [6.07, 6.45) is 1.53. The number of aromatic amines is 1. The van der Waals surface area contributed by atoms with Gasteiger partial charge in [-0.05, 0) is 23.8 Å². The smallest absolute Gasteiger partial charge is 0.291 e. The van der Waals surface area contributed by atoms with Crippen LogP contribution in [-0.2, 0) is 0 Å². The van der Waals surface area contributed by atoms with E-state index in [2.05, 4.69) is 20.7 Å². The first-order chi connectivity index (χ1) is 10.1. The van der Waals surface area contributed by atoms with Crippen LogP contribution in [0, 0.1) is 0 Å². The molecule has 1 aromatic heterocycles. The average Bonchev–Trinajstić information content (AvgIpc) is 2.48. The zero-order valence-corrected chi connectivity index (χ0v) is 11.7. The molecule has 7 nitrogen and oxygen atoms in total. The van der Waals surface area contributed by atoms with Crippen molar-refractivity contribution < 1.29 is 4.79 Å². The number of hydrogen-bond donors (Lipinski definition) is 2. The molecule has 0 bridgehead atoms. The molecule has 108 valence electrons. The quantitative estimate of drug-likeness (QED) is 0.636. The number of hydrazone groups is 1. The molecule has 0 aliphatic rings. The number of nitrogens with one attached hydrogen (secondary N) is 2. The fraction of sp³-hybridized carbons (Fsp3) is 0.143. The number of hydrogen-bond acceptors (Lipinski definition) is 5. The van der Waals surface area contributed by atoms with Gasteiger partial charge in [-0.15, -0.1) is 0 Å². The molecule has 1 aromatic carbocycles. The molecule has 2 N–H and O–H groups in total. The number of carbonyl (C=O) groups is 1. The zero-order chi connectivity index (χ0) is 15.2. The Bertz CT molecular complexity index is 684. The van der Waals surface area contributed by atoms with Crippen molar-refractivity contribution >= 4 is 17.8 Å². The first-order valence-electron chi connectivity index (χ1n) is 6.23. The number of rotatable bonds is 4. The van der Waals surface area contributed by atoms with Gasteiger partial charge in [0, 0.05) is 25.8 Å². The topological polar surface area (TPSA) is 90.5 Å². The summed E-state index contributed by atoms with van der Waals surface area (Å²) in [5.74, 6) is -0.493. The van der Waals surface area contributed by atoms with Crippen molar-refractivity contribution in [2.75, 3.05) is 19.0 Å². The molecule has 2 aromatic rings. The van der Waals surface area contributed by atoms with E-state index in [0.717, 1.165) is 11.3 Å². The second kappa shape index (κ2) is 6.47. The van der Waals surface area contributed by atoms with Crippen molar-refractivity contribution in [2.24, 2.45) is 5.10 Å². The van der Waals surface area contributed by atoms with Crippen LogP contribution < -0.4 is 15.9 Å². The van der Waals surface area contributed by atoms with Crippen LogP contribution in [0.5, 0.6) is 0 Å². The van der Waals surface area contributed by atoms with Crippen molar-refractivity contribution in [3.8, 4) is 0 Å². The van der Waals surface area contributed by atoms with Gasteiger partial charge in [0.15, 0.2) is 5.69 Å².